The van der Waals surface area contributed by atoms with Gasteiger partial charge in [0.1, 0.15) is 5.52 Å². The number of benzene rings is 1. The Morgan fingerprint density at radius 2 is 2.16 bits per heavy atom. The van der Waals surface area contributed by atoms with Crippen molar-refractivity contribution in [3.8, 4) is 0 Å². The Morgan fingerprint density at radius 1 is 1.32 bits per heavy atom. The molecule has 0 saturated carbocycles. The lowest BCUT2D eigenvalue weighted by atomic mass is 10.3. The third-order valence-electron chi connectivity index (χ3n) is 3.54. The summed E-state index contributed by atoms with van der Waals surface area (Å²) in [7, 11) is 0. The topological polar surface area (TPSA) is 67.3 Å². The number of oxazole rings is 1. The molecule has 3 N–H and O–H groups in total. The van der Waals surface area contributed by atoms with Gasteiger partial charge in [-0.3, -0.25) is 0 Å². The summed E-state index contributed by atoms with van der Waals surface area (Å²) in [5.74, 6) is 0. The van der Waals surface area contributed by atoms with E-state index in [4.69, 9.17) is 10.2 Å². The fraction of sp³-hybridized carbons (Fsp3) is 0.500. The van der Waals surface area contributed by atoms with Gasteiger partial charge < -0.3 is 20.4 Å². The minimum atomic E-state index is 0.585. The zero-order valence-electron chi connectivity index (χ0n) is 11.1. The van der Waals surface area contributed by atoms with Crippen LogP contribution in [0, 0.1) is 0 Å². The fourth-order valence-corrected chi connectivity index (χ4v) is 2.52. The maximum absolute atomic E-state index is 5.71. The van der Waals surface area contributed by atoms with Crippen LogP contribution in [0.3, 0.4) is 0 Å². The second-order valence-corrected chi connectivity index (χ2v) is 5.08. The highest BCUT2D eigenvalue weighted by Gasteiger charge is 2.10. The molecular formula is C14H20N4O. The van der Waals surface area contributed by atoms with Gasteiger partial charge in [-0.2, -0.15) is 4.98 Å². The summed E-state index contributed by atoms with van der Waals surface area (Å²) in [6.45, 7) is 4.54. The number of nitrogens with two attached hydrogens (primary N) is 1. The van der Waals surface area contributed by atoms with Gasteiger partial charge in [0.15, 0.2) is 5.58 Å². The van der Waals surface area contributed by atoms with E-state index in [1.807, 2.05) is 12.1 Å². The van der Waals surface area contributed by atoms with Crippen LogP contribution in [0.2, 0.25) is 0 Å². The third kappa shape index (κ3) is 2.98. The standard InChI is InChI=1S/C14H20N4O/c15-11-4-5-12-13(10-11)19-14(17-12)16-6-3-9-18-7-1-2-8-18/h4-5,10H,1-3,6-9,15H2,(H,16,17). The number of nitrogens with one attached hydrogen (secondary N) is 1. The predicted molar refractivity (Wildman–Crippen MR) is 77.2 cm³/mol. The Labute approximate surface area is 112 Å². The molecule has 0 spiro atoms. The van der Waals surface area contributed by atoms with Gasteiger partial charge in [-0.05, 0) is 51.0 Å². The highest BCUT2D eigenvalue weighted by Crippen LogP contribution is 2.20. The van der Waals surface area contributed by atoms with Gasteiger partial charge in [0.05, 0.1) is 0 Å². The lowest BCUT2D eigenvalue weighted by Gasteiger charge is -2.13. The first-order chi connectivity index (χ1) is 9.31. The molecule has 1 saturated heterocycles. The number of fused-ring (bicyclic) bond motifs is 1. The Kier molecular flexibility index (Phi) is 3.55. The first kappa shape index (κ1) is 12.3. The second kappa shape index (κ2) is 5.48. The number of rotatable bonds is 5. The number of nitrogen functional groups attached to an aromatic ring is 1. The Balaban J connectivity index is 1.50. The van der Waals surface area contributed by atoms with Gasteiger partial charge in [0.25, 0.3) is 6.01 Å². The molecule has 19 heavy (non-hydrogen) atoms. The van der Waals surface area contributed by atoms with E-state index in [2.05, 4.69) is 15.2 Å². The Bertz CT molecular complexity index is 545. The number of hydrogen-bond donors (Lipinski definition) is 2. The molecule has 1 fully saturated rings. The number of likely N-dealkylation sites (tertiary alicyclic amines) is 1. The Hall–Kier alpha value is -1.75. The van der Waals surface area contributed by atoms with E-state index in [-0.39, 0.29) is 0 Å². The first-order valence-electron chi connectivity index (χ1n) is 6.93. The van der Waals surface area contributed by atoms with Gasteiger partial charge in [0, 0.05) is 18.3 Å². The van der Waals surface area contributed by atoms with E-state index >= 15 is 0 Å². The van der Waals surface area contributed by atoms with Crippen LogP contribution in [-0.4, -0.2) is 36.1 Å². The molecule has 2 heterocycles. The van der Waals surface area contributed by atoms with Crippen molar-refractivity contribution >= 4 is 22.8 Å². The van der Waals surface area contributed by atoms with Crippen molar-refractivity contribution < 1.29 is 4.42 Å². The summed E-state index contributed by atoms with van der Waals surface area (Å²) in [5.41, 5.74) is 7.99. The summed E-state index contributed by atoms with van der Waals surface area (Å²) < 4.78 is 5.61. The lowest BCUT2D eigenvalue weighted by Crippen LogP contribution is -2.22. The normalized spacial score (nSPS) is 16.2. The molecule has 5 heteroatoms. The first-order valence-corrected chi connectivity index (χ1v) is 6.93. The summed E-state index contributed by atoms with van der Waals surface area (Å²) in [6, 6.07) is 6.10. The summed E-state index contributed by atoms with van der Waals surface area (Å²) >= 11 is 0. The summed E-state index contributed by atoms with van der Waals surface area (Å²) in [5, 5.41) is 3.23. The predicted octanol–water partition coefficient (Wildman–Crippen LogP) is 2.31. The van der Waals surface area contributed by atoms with Crippen LogP contribution < -0.4 is 11.1 Å². The SMILES string of the molecule is Nc1ccc2nc(NCCCN3CCCC3)oc2c1. The molecule has 1 aliphatic heterocycles. The largest absolute Gasteiger partial charge is 0.423 e. The van der Waals surface area contributed by atoms with Crippen molar-refractivity contribution in [2.45, 2.75) is 19.3 Å². The molecule has 0 amide bonds. The van der Waals surface area contributed by atoms with Crippen LogP contribution in [0.15, 0.2) is 22.6 Å². The van der Waals surface area contributed by atoms with Crippen LogP contribution in [0.25, 0.3) is 11.1 Å². The van der Waals surface area contributed by atoms with Crippen molar-refractivity contribution in [1.29, 1.82) is 0 Å². The maximum atomic E-state index is 5.71. The molecule has 0 aliphatic carbocycles. The molecular weight excluding hydrogens is 240 g/mol. The van der Waals surface area contributed by atoms with Gasteiger partial charge in [-0.15, -0.1) is 0 Å². The highest BCUT2D eigenvalue weighted by molar-refractivity contribution is 5.77. The van der Waals surface area contributed by atoms with E-state index in [0.29, 0.717) is 11.7 Å². The molecule has 5 nitrogen and oxygen atoms in total. The molecule has 3 rings (SSSR count). The van der Waals surface area contributed by atoms with E-state index in [1.54, 1.807) is 6.07 Å². The molecule has 1 aromatic carbocycles. The third-order valence-corrected chi connectivity index (χ3v) is 3.54. The van der Waals surface area contributed by atoms with Crippen LogP contribution in [0.5, 0.6) is 0 Å². The molecule has 102 valence electrons. The van der Waals surface area contributed by atoms with Gasteiger partial charge in [0.2, 0.25) is 0 Å². The van der Waals surface area contributed by atoms with Crippen molar-refractivity contribution in [3.63, 3.8) is 0 Å². The Morgan fingerprint density at radius 3 is 3.00 bits per heavy atom. The van der Waals surface area contributed by atoms with E-state index in [9.17, 15) is 0 Å². The highest BCUT2D eigenvalue weighted by atomic mass is 16.4. The lowest BCUT2D eigenvalue weighted by molar-refractivity contribution is 0.337. The van der Waals surface area contributed by atoms with Gasteiger partial charge >= 0.3 is 0 Å². The average molecular weight is 260 g/mol. The van der Waals surface area contributed by atoms with Gasteiger partial charge in [-0.25, -0.2) is 0 Å². The maximum Gasteiger partial charge on any atom is 0.295 e. The molecule has 0 atom stereocenters. The minimum Gasteiger partial charge on any atom is -0.423 e. The smallest absolute Gasteiger partial charge is 0.295 e. The fourth-order valence-electron chi connectivity index (χ4n) is 2.52. The van der Waals surface area contributed by atoms with Crippen LogP contribution in [-0.2, 0) is 0 Å². The van der Waals surface area contributed by atoms with Crippen molar-refractivity contribution in [2.75, 3.05) is 37.2 Å². The molecule has 1 aromatic heterocycles. The van der Waals surface area contributed by atoms with Crippen molar-refractivity contribution in [2.24, 2.45) is 0 Å². The average Bonchev–Trinajstić information content (AvgIpc) is 3.02. The quantitative estimate of drug-likeness (QED) is 0.638. The van der Waals surface area contributed by atoms with E-state index in [0.717, 1.165) is 30.6 Å². The van der Waals surface area contributed by atoms with E-state index < -0.39 is 0 Å². The van der Waals surface area contributed by atoms with Gasteiger partial charge in [-0.1, -0.05) is 0 Å². The number of aromatic nitrogens is 1. The summed E-state index contributed by atoms with van der Waals surface area (Å²) in [4.78, 5) is 6.88. The molecule has 2 aromatic rings. The number of hydrogen-bond acceptors (Lipinski definition) is 5. The van der Waals surface area contributed by atoms with Crippen LogP contribution >= 0.6 is 0 Å². The van der Waals surface area contributed by atoms with E-state index in [1.165, 1.54) is 25.9 Å². The number of nitrogens with zero attached hydrogens (tertiary/aromatic N) is 2. The molecule has 0 bridgehead atoms. The zero-order chi connectivity index (χ0) is 13.1. The molecule has 0 radical (unpaired) electrons. The molecule has 0 unspecified atom stereocenters. The van der Waals surface area contributed by atoms with Crippen molar-refractivity contribution in [3.05, 3.63) is 18.2 Å². The van der Waals surface area contributed by atoms with Crippen LogP contribution in [0.1, 0.15) is 19.3 Å². The zero-order valence-corrected chi connectivity index (χ0v) is 11.1. The summed E-state index contributed by atoms with van der Waals surface area (Å²) in [6.07, 6.45) is 3.81. The second-order valence-electron chi connectivity index (χ2n) is 5.08. The monoisotopic (exact) mass is 260 g/mol. The van der Waals surface area contributed by atoms with Crippen LogP contribution in [0.4, 0.5) is 11.7 Å². The minimum absolute atomic E-state index is 0.585. The molecule has 1 aliphatic rings. The van der Waals surface area contributed by atoms with Crippen molar-refractivity contribution in [1.82, 2.24) is 9.88 Å². The number of anilines is 2.